The molecule has 0 radical (unpaired) electrons. The number of nitrogens with one attached hydrogen (secondary N) is 1. The number of amides is 2. The Morgan fingerprint density at radius 3 is 2.56 bits per heavy atom. The molecule has 0 saturated heterocycles. The lowest BCUT2D eigenvalue weighted by Gasteiger charge is -2.23. The lowest BCUT2D eigenvalue weighted by Crippen LogP contribution is -2.43. The number of carbonyl (C=O) groups excluding carboxylic acids is 2. The van der Waals surface area contributed by atoms with E-state index in [-0.39, 0.29) is 25.0 Å². The van der Waals surface area contributed by atoms with Gasteiger partial charge in [-0.3, -0.25) is 9.59 Å². The van der Waals surface area contributed by atoms with E-state index in [1.165, 1.54) is 16.2 Å². The second-order valence-electron chi connectivity index (χ2n) is 6.44. The SMILES string of the molecule is Cc1csc(NC(=O)CN(CCN(C)C)C(=O)COCc2ccccc2)n1. The highest BCUT2D eigenvalue weighted by atomic mass is 32.1. The van der Waals surface area contributed by atoms with Crippen molar-refractivity contribution in [1.29, 1.82) is 0 Å². The first-order valence-electron chi connectivity index (χ1n) is 8.70. The van der Waals surface area contributed by atoms with Crippen molar-refractivity contribution in [2.45, 2.75) is 13.5 Å². The zero-order chi connectivity index (χ0) is 19.6. The average molecular weight is 391 g/mol. The van der Waals surface area contributed by atoms with Crippen LogP contribution in [0, 0.1) is 6.92 Å². The van der Waals surface area contributed by atoms with Gasteiger partial charge in [0.15, 0.2) is 5.13 Å². The maximum atomic E-state index is 12.5. The van der Waals surface area contributed by atoms with Crippen molar-refractivity contribution in [3.63, 3.8) is 0 Å². The molecule has 1 aromatic carbocycles. The van der Waals surface area contributed by atoms with E-state index < -0.39 is 0 Å². The summed E-state index contributed by atoms with van der Waals surface area (Å²) in [6, 6.07) is 9.67. The van der Waals surface area contributed by atoms with Crippen molar-refractivity contribution in [3.8, 4) is 0 Å². The van der Waals surface area contributed by atoms with Crippen molar-refractivity contribution in [2.75, 3.05) is 45.7 Å². The Morgan fingerprint density at radius 1 is 1.19 bits per heavy atom. The fourth-order valence-corrected chi connectivity index (χ4v) is 2.98. The third kappa shape index (κ3) is 7.86. The molecule has 1 heterocycles. The first-order chi connectivity index (χ1) is 12.9. The van der Waals surface area contributed by atoms with Gasteiger partial charge >= 0.3 is 0 Å². The number of carbonyl (C=O) groups is 2. The number of hydrogen-bond acceptors (Lipinski definition) is 6. The number of thiazole rings is 1. The Hall–Kier alpha value is -2.29. The molecule has 0 fully saturated rings. The molecule has 1 aromatic heterocycles. The van der Waals surface area contributed by atoms with Crippen LogP contribution in [0.25, 0.3) is 0 Å². The zero-order valence-electron chi connectivity index (χ0n) is 16.0. The summed E-state index contributed by atoms with van der Waals surface area (Å²) in [6.07, 6.45) is 0. The normalized spacial score (nSPS) is 10.8. The van der Waals surface area contributed by atoms with Crippen molar-refractivity contribution >= 4 is 28.3 Å². The van der Waals surface area contributed by atoms with Gasteiger partial charge in [-0.2, -0.15) is 0 Å². The zero-order valence-corrected chi connectivity index (χ0v) is 16.8. The largest absolute Gasteiger partial charge is 0.367 e. The standard InChI is InChI=1S/C19H26N4O3S/c1-15-14-27-19(20-15)21-17(24)11-23(10-9-22(2)3)18(25)13-26-12-16-7-5-4-6-8-16/h4-8,14H,9-13H2,1-3H3,(H,20,21,24). The Bertz CT molecular complexity index is 734. The van der Waals surface area contributed by atoms with Crippen LogP contribution in [0.1, 0.15) is 11.3 Å². The molecule has 7 nitrogen and oxygen atoms in total. The van der Waals surface area contributed by atoms with E-state index in [4.69, 9.17) is 4.74 Å². The van der Waals surface area contributed by atoms with Gasteiger partial charge in [0.2, 0.25) is 11.8 Å². The lowest BCUT2D eigenvalue weighted by atomic mass is 10.2. The number of hydrogen-bond donors (Lipinski definition) is 1. The molecule has 0 aliphatic carbocycles. The number of likely N-dealkylation sites (N-methyl/N-ethyl adjacent to an activating group) is 1. The minimum absolute atomic E-state index is 0.0278. The van der Waals surface area contributed by atoms with Gasteiger partial charge in [-0.15, -0.1) is 11.3 Å². The highest BCUT2D eigenvalue weighted by Crippen LogP contribution is 2.14. The average Bonchev–Trinajstić information content (AvgIpc) is 3.03. The van der Waals surface area contributed by atoms with Gasteiger partial charge in [0.1, 0.15) is 13.2 Å². The summed E-state index contributed by atoms with van der Waals surface area (Å²) in [5.41, 5.74) is 1.85. The van der Waals surface area contributed by atoms with Gasteiger partial charge in [-0.25, -0.2) is 4.98 Å². The molecule has 0 unspecified atom stereocenters. The summed E-state index contributed by atoms with van der Waals surface area (Å²) in [7, 11) is 3.85. The van der Waals surface area contributed by atoms with Crippen LogP contribution in [0.3, 0.4) is 0 Å². The molecule has 2 amide bonds. The van der Waals surface area contributed by atoms with Crippen molar-refractivity contribution in [2.24, 2.45) is 0 Å². The van der Waals surface area contributed by atoms with Crippen LogP contribution in [-0.4, -0.2) is 66.9 Å². The van der Waals surface area contributed by atoms with Crippen LogP contribution in [0.15, 0.2) is 35.7 Å². The molecule has 0 spiro atoms. The van der Waals surface area contributed by atoms with E-state index in [1.807, 2.05) is 61.6 Å². The van der Waals surface area contributed by atoms with Gasteiger partial charge in [-0.05, 0) is 26.6 Å². The Kier molecular flexibility index (Phi) is 8.38. The molecule has 0 bridgehead atoms. The van der Waals surface area contributed by atoms with Crippen LogP contribution >= 0.6 is 11.3 Å². The molecule has 27 heavy (non-hydrogen) atoms. The van der Waals surface area contributed by atoms with Crippen LogP contribution in [0.4, 0.5) is 5.13 Å². The quantitative estimate of drug-likeness (QED) is 0.672. The monoisotopic (exact) mass is 390 g/mol. The minimum Gasteiger partial charge on any atom is -0.367 e. The van der Waals surface area contributed by atoms with Gasteiger partial charge in [-0.1, -0.05) is 30.3 Å². The highest BCUT2D eigenvalue weighted by molar-refractivity contribution is 7.13. The van der Waals surface area contributed by atoms with Gasteiger partial charge in [0, 0.05) is 18.5 Å². The van der Waals surface area contributed by atoms with E-state index in [9.17, 15) is 9.59 Å². The fraction of sp³-hybridized carbons (Fsp3) is 0.421. The van der Waals surface area contributed by atoms with Gasteiger partial charge < -0.3 is 19.9 Å². The first kappa shape index (κ1) is 21.0. The molecule has 8 heteroatoms. The number of aryl methyl sites for hydroxylation is 1. The number of nitrogens with zero attached hydrogens (tertiary/aromatic N) is 3. The van der Waals surface area contributed by atoms with E-state index >= 15 is 0 Å². The Balaban J connectivity index is 1.87. The maximum absolute atomic E-state index is 12.5. The minimum atomic E-state index is -0.264. The fourth-order valence-electron chi connectivity index (χ4n) is 2.28. The van der Waals surface area contributed by atoms with Crippen LogP contribution in [0.2, 0.25) is 0 Å². The smallest absolute Gasteiger partial charge is 0.249 e. The summed E-state index contributed by atoms with van der Waals surface area (Å²) in [4.78, 5) is 32.5. The molecular weight excluding hydrogens is 364 g/mol. The topological polar surface area (TPSA) is 74.8 Å². The van der Waals surface area contributed by atoms with E-state index in [0.717, 1.165) is 11.3 Å². The second kappa shape index (κ2) is 10.8. The molecule has 0 aliphatic rings. The second-order valence-corrected chi connectivity index (χ2v) is 7.30. The maximum Gasteiger partial charge on any atom is 0.249 e. The van der Waals surface area contributed by atoms with Crippen LogP contribution < -0.4 is 5.32 Å². The predicted molar refractivity (Wildman–Crippen MR) is 107 cm³/mol. The molecule has 1 N–H and O–H groups in total. The molecular formula is C19H26N4O3S. The predicted octanol–water partition coefficient (Wildman–Crippen LogP) is 2.00. The number of anilines is 1. The van der Waals surface area contributed by atoms with E-state index in [1.54, 1.807) is 0 Å². The Morgan fingerprint density at radius 2 is 1.93 bits per heavy atom. The van der Waals surface area contributed by atoms with E-state index in [0.29, 0.717) is 24.8 Å². The van der Waals surface area contributed by atoms with E-state index in [2.05, 4.69) is 10.3 Å². The first-order valence-corrected chi connectivity index (χ1v) is 9.58. The highest BCUT2D eigenvalue weighted by Gasteiger charge is 2.18. The molecule has 2 rings (SSSR count). The summed E-state index contributed by atoms with van der Waals surface area (Å²) >= 11 is 1.36. The number of benzene rings is 1. The van der Waals surface area contributed by atoms with Crippen LogP contribution in [-0.2, 0) is 20.9 Å². The summed E-state index contributed by atoms with van der Waals surface area (Å²) in [5.74, 6) is -0.474. The third-order valence-corrected chi connectivity index (χ3v) is 4.58. The molecule has 2 aromatic rings. The summed E-state index contributed by atoms with van der Waals surface area (Å²) in [5, 5.41) is 5.14. The molecule has 146 valence electrons. The molecule has 0 saturated carbocycles. The van der Waals surface area contributed by atoms with Crippen molar-refractivity contribution in [3.05, 3.63) is 47.0 Å². The number of ether oxygens (including phenoxy) is 1. The summed E-state index contributed by atoms with van der Waals surface area (Å²) < 4.78 is 5.53. The summed E-state index contributed by atoms with van der Waals surface area (Å²) in [6.45, 7) is 3.24. The van der Waals surface area contributed by atoms with Crippen molar-refractivity contribution < 1.29 is 14.3 Å². The molecule has 0 atom stereocenters. The lowest BCUT2D eigenvalue weighted by molar-refractivity contribution is -0.139. The third-order valence-electron chi connectivity index (χ3n) is 3.71. The Labute approximate surface area is 164 Å². The van der Waals surface area contributed by atoms with Crippen molar-refractivity contribution in [1.82, 2.24) is 14.8 Å². The van der Waals surface area contributed by atoms with Gasteiger partial charge in [0.05, 0.1) is 12.3 Å². The number of aromatic nitrogens is 1. The van der Waals surface area contributed by atoms with Crippen LogP contribution in [0.5, 0.6) is 0 Å². The van der Waals surface area contributed by atoms with Gasteiger partial charge in [0.25, 0.3) is 0 Å². The number of rotatable bonds is 10. The molecule has 0 aliphatic heterocycles.